The third kappa shape index (κ3) is 15.5. The molecule has 0 aliphatic rings. The number of hydrogen-bond donors (Lipinski definition) is 1. The lowest BCUT2D eigenvalue weighted by atomic mass is 9.99. The van der Waals surface area contributed by atoms with E-state index in [1.807, 2.05) is 0 Å². The Morgan fingerprint density at radius 1 is 0.727 bits per heavy atom. The van der Waals surface area contributed by atoms with Crippen LogP contribution in [0.2, 0.25) is 0 Å². The Bertz CT molecular complexity index is 678. The summed E-state index contributed by atoms with van der Waals surface area (Å²) in [4.78, 5) is 0. The van der Waals surface area contributed by atoms with Crippen molar-refractivity contribution in [3.63, 3.8) is 0 Å². The van der Waals surface area contributed by atoms with Crippen LogP contribution in [0.5, 0.6) is 5.75 Å². The van der Waals surface area contributed by atoms with E-state index in [9.17, 15) is 8.42 Å². The summed E-state index contributed by atoms with van der Waals surface area (Å²) in [7, 11) is -4.00. The molecule has 0 spiro atoms. The SMILES string of the molecule is CCCCCCCCCc1cc(CCCCCCCCC)cc(OCCC(C)S(=O)(=O)O)c1. The molecule has 0 saturated carbocycles. The fraction of sp³-hybridized carbons (Fsp3) is 0.786. The minimum atomic E-state index is -4.00. The first-order valence-corrected chi connectivity index (χ1v) is 15.1. The van der Waals surface area contributed by atoms with E-state index in [2.05, 4.69) is 32.0 Å². The molecule has 0 heterocycles. The van der Waals surface area contributed by atoms with Crippen LogP contribution in [0.1, 0.15) is 128 Å². The highest BCUT2D eigenvalue weighted by Crippen LogP contribution is 2.22. The predicted octanol–water partition coefficient (Wildman–Crippen LogP) is 8.32. The second-order valence-electron chi connectivity index (χ2n) is 9.69. The van der Waals surface area contributed by atoms with Crippen molar-refractivity contribution in [3.8, 4) is 5.75 Å². The van der Waals surface area contributed by atoms with Gasteiger partial charge in [0, 0.05) is 6.42 Å². The molecule has 0 radical (unpaired) electrons. The molecule has 5 heteroatoms. The van der Waals surface area contributed by atoms with Gasteiger partial charge in [-0.2, -0.15) is 8.42 Å². The van der Waals surface area contributed by atoms with Gasteiger partial charge in [0.05, 0.1) is 11.9 Å². The summed E-state index contributed by atoms with van der Waals surface area (Å²) in [6, 6.07) is 6.56. The molecule has 1 aromatic carbocycles. The normalized spacial score (nSPS) is 12.7. The number of unbranched alkanes of at least 4 members (excludes halogenated alkanes) is 12. The minimum Gasteiger partial charge on any atom is -0.494 e. The van der Waals surface area contributed by atoms with Crippen molar-refractivity contribution >= 4 is 10.1 Å². The van der Waals surface area contributed by atoms with Crippen molar-refractivity contribution in [2.24, 2.45) is 0 Å². The van der Waals surface area contributed by atoms with Crippen molar-refractivity contribution in [2.75, 3.05) is 6.61 Å². The second-order valence-corrected chi connectivity index (χ2v) is 11.5. The maximum Gasteiger partial charge on any atom is 0.267 e. The van der Waals surface area contributed by atoms with E-state index in [4.69, 9.17) is 9.29 Å². The Morgan fingerprint density at radius 2 is 1.15 bits per heavy atom. The highest BCUT2D eigenvalue weighted by atomic mass is 32.2. The summed E-state index contributed by atoms with van der Waals surface area (Å²) in [5.41, 5.74) is 2.64. The molecule has 0 bridgehead atoms. The zero-order valence-electron chi connectivity index (χ0n) is 21.6. The quantitative estimate of drug-likeness (QED) is 0.141. The van der Waals surface area contributed by atoms with Gasteiger partial charge in [0.15, 0.2) is 0 Å². The van der Waals surface area contributed by atoms with Crippen molar-refractivity contribution in [1.29, 1.82) is 0 Å². The van der Waals surface area contributed by atoms with E-state index in [0.717, 1.165) is 18.6 Å². The van der Waals surface area contributed by atoms with Crippen molar-refractivity contribution in [2.45, 2.75) is 135 Å². The summed E-state index contributed by atoms with van der Waals surface area (Å²) in [5.74, 6) is 0.830. The van der Waals surface area contributed by atoms with E-state index in [1.54, 1.807) is 0 Å². The van der Waals surface area contributed by atoms with E-state index >= 15 is 0 Å². The van der Waals surface area contributed by atoms with Gasteiger partial charge in [-0.05, 0) is 55.9 Å². The van der Waals surface area contributed by atoms with Crippen molar-refractivity contribution in [3.05, 3.63) is 29.3 Å². The molecule has 4 nitrogen and oxygen atoms in total. The lowest BCUT2D eigenvalue weighted by Gasteiger charge is -2.13. The first-order chi connectivity index (χ1) is 15.9. The molecule has 0 aliphatic carbocycles. The molecule has 1 aromatic rings. The van der Waals surface area contributed by atoms with Gasteiger partial charge in [-0.1, -0.05) is 97.0 Å². The van der Waals surface area contributed by atoms with Crippen LogP contribution in [-0.2, 0) is 23.0 Å². The van der Waals surface area contributed by atoms with Crippen LogP contribution in [0.3, 0.4) is 0 Å². The van der Waals surface area contributed by atoms with Gasteiger partial charge in [-0.15, -0.1) is 0 Å². The highest BCUT2D eigenvalue weighted by molar-refractivity contribution is 7.86. The Labute approximate surface area is 204 Å². The number of benzene rings is 1. The van der Waals surface area contributed by atoms with Crippen LogP contribution in [0, 0.1) is 0 Å². The van der Waals surface area contributed by atoms with Crippen molar-refractivity contribution < 1.29 is 17.7 Å². The number of ether oxygens (including phenoxy) is 1. The van der Waals surface area contributed by atoms with Crippen LogP contribution in [0.25, 0.3) is 0 Å². The molecule has 1 unspecified atom stereocenters. The van der Waals surface area contributed by atoms with Crippen LogP contribution in [-0.4, -0.2) is 24.8 Å². The standard InChI is InChI=1S/C28H50O4S/c1-4-6-8-10-12-14-16-18-26-22-27(19-17-15-13-11-9-7-5-2)24-28(23-26)32-21-20-25(3)33(29,30)31/h22-25H,4-21H2,1-3H3,(H,29,30,31). The smallest absolute Gasteiger partial charge is 0.267 e. The first-order valence-electron chi connectivity index (χ1n) is 13.6. The molecule has 0 saturated heterocycles. The second kappa shape index (κ2) is 18.3. The van der Waals surface area contributed by atoms with E-state index in [-0.39, 0.29) is 6.42 Å². The predicted molar refractivity (Wildman–Crippen MR) is 141 cm³/mol. The summed E-state index contributed by atoms with van der Waals surface area (Å²) in [5, 5.41) is -0.805. The molecular weight excluding hydrogens is 432 g/mol. The Balaban J connectivity index is 2.57. The fourth-order valence-electron chi connectivity index (χ4n) is 4.16. The molecule has 0 aromatic heterocycles. The minimum absolute atomic E-state index is 0.286. The van der Waals surface area contributed by atoms with Gasteiger partial charge in [-0.3, -0.25) is 4.55 Å². The summed E-state index contributed by atoms with van der Waals surface area (Å²) in [6.45, 7) is 6.31. The van der Waals surface area contributed by atoms with E-state index < -0.39 is 15.4 Å². The van der Waals surface area contributed by atoms with Gasteiger partial charge >= 0.3 is 0 Å². The molecule has 0 fully saturated rings. The lowest BCUT2D eigenvalue weighted by molar-refractivity contribution is 0.306. The zero-order chi connectivity index (χ0) is 24.4. The fourth-order valence-corrected chi connectivity index (χ4v) is 4.56. The number of rotatable bonds is 21. The first kappa shape index (κ1) is 30.0. The van der Waals surface area contributed by atoms with Crippen molar-refractivity contribution in [1.82, 2.24) is 0 Å². The molecule has 33 heavy (non-hydrogen) atoms. The molecular formula is C28H50O4S. The highest BCUT2D eigenvalue weighted by Gasteiger charge is 2.17. The lowest BCUT2D eigenvalue weighted by Crippen LogP contribution is -2.19. The van der Waals surface area contributed by atoms with E-state index in [1.165, 1.54) is 108 Å². The molecule has 1 N–H and O–H groups in total. The van der Waals surface area contributed by atoms with Gasteiger partial charge in [0.25, 0.3) is 10.1 Å². The summed E-state index contributed by atoms with van der Waals surface area (Å²) in [6.07, 6.45) is 20.6. The molecule has 0 aliphatic heterocycles. The Kier molecular flexibility index (Phi) is 16.6. The van der Waals surface area contributed by atoms with Crippen LogP contribution in [0.15, 0.2) is 18.2 Å². The average Bonchev–Trinajstić information content (AvgIpc) is 2.77. The molecule has 1 rings (SSSR count). The number of aryl methyl sites for hydroxylation is 2. The van der Waals surface area contributed by atoms with Crippen LogP contribution in [0.4, 0.5) is 0 Å². The largest absolute Gasteiger partial charge is 0.494 e. The monoisotopic (exact) mass is 482 g/mol. The van der Waals surface area contributed by atoms with Gasteiger partial charge in [-0.25, -0.2) is 0 Å². The molecule has 0 amide bonds. The Hall–Kier alpha value is -1.07. The van der Waals surface area contributed by atoms with Gasteiger partial charge in [0.2, 0.25) is 0 Å². The maximum absolute atomic E-state index is 11.2. The summed E-state index contributed by atoms with van der Waals surface area (Å²) >= 11 is 0. The third-order valence-corrected chi connectivity index (χ3v) is 7.72. The topological polar surface area (TPSA) is 63.6 Å². The number of hydrogen-bond acceptors (Lipinski definition) is 3. The third-order valence-electron chi connectivity index (χ3n) is 6.47. The van der Waals surface area contributed by atoms with Crippen LogP contribution >= 0.6 is 0 Å². The summed E-state index contributed by atoms with van der Waals surface area (Å²) < 4.78 is 37.6. The molecule has 192 valence electrons. The maximum atomic E-state index is 11.2. The van der Waals surface area contributed by atoms with Gasteiger partial charge < -0.3 is 4.74 Å². The Morgan fingerprint density at radius 3 is 1.58 bits per heavy atom. The van der Waals surface area contributed by atoms with E-state index in [0.29, 0.717) is 6.61 Å². The van der Waals surface area contributed by atoms with Crippen LogP contribution < -0.4 is 4.74 Å². The zero-order valence-corrected chi connectivity index (χ0v) is 22.4. The average molecular weight is 483 g/mol. The molecule has 1 atom stereocenters. The van der Waals surface area contributed by atoms with Gasteiger partial charge in [0.1, 0.15) is 5.75 Å².